The number of ether oxygens (including phenoxy) is 1. The van der Waals surface area contributed by atoms with Crippen molar-refractivity contribution in [3.63, 3.8) is 0 Å². The number of rotatable bonds is 4. The zero-order valence-electron chi connectivity index (χ0n) is 13.1. The summed E-state index contributed by atoms with van der Waals surface area (Å²) >= 11 is 6.12. The standard InChI is InChI=1S/C20H13ClO4/c21-16-5-2-1-4-13(16)12-24-14-7-8-18-15(10-14)17(22)11-20(25-18)19-6-3-9-23-19/h1-11H,12H2. The summed E-state index contributed by atoms with van der Waals surface area (Å²) in [4.78, 5) is 12.4. The van der Waals surface area contributed by atoms with Gasteiger partial charge in [0.1, 0.15) is 17.9 Å². The van der Waals surface area contributed by atoms with Gasteiger partial charge in [-0.05, 0) is 36.4 Å². The first-order chi connectivity index (χ1) is 12.2. The first-order valence-electron chi connectivity index (χ1n) is 7.69. The highest BCUT2D eigenvalue weighted by molar-refractivity contribution is 6.31. The number of hydrogen-bond donors (Lipinski definition) is 0. The minimum absolute atomic E-state index is 0.157. The second-order valence-corrected chi connectivity index (χ2v) is 5.90. The average Bonchev–Trinajstić information content (AvgIpc) is 3.16. The van der Waals surface area contributed by atoms with Gasteiger partial charge in [0, 0.05) is 16.7 Å². The Bertz CT molecular complexity index is 1080. The Balaban J connectivity index is 1.64. The first-order valence-corrected chi connectivity index (χ1v) is 8.06. The molecule has 0 N–H and O–H groups in total. The van der Waals surface area contributed by atoms with Crippen molar-refractivity contribution in [1.82, 2.24) is 0 Å². The lowest BCUT2D eigenvalue weighted by Gasteiger charge is -2.08. The van der Waals surface area contributed by atoms with Gasteiger partial charge in [-0.15, -0.1) is 0 Å². The van der Waals surface area contributed by atoms with Crippen LogP contribution in [0.15, 0.2) is 80.6 Å². The molecule has 2 heterocycles. The maximum absolute atomic E-state index is 12.4. The summed E-state index contributed by atoms with van der Waals surface area (Å²) in [6, 6.07) is 17.5. The van der Waals surface area contributed by atoms with Crippen molar-refractivity contribution in [2.75, 3.05) is 0 Å². The number of hydrogen-bond acceptors (Lipinski definition) is 4. The molecule has 0 unspecified atom stereocenters. The molecule has 4 aromatic rings. The van der Waals surface area contributed by atoms with Crippen LogP contribution in [0, 0.1) is 0 Å². The zero-order valence-corrected chi connectivity index (χ0v) is 13.8. The molecule has 0 fully saturated rings. The Hall–Kier alpha value is -2.98. The molecule has 25 heavy (non-hydrogen) atoms. The van der Waals surface area contributed by atoms with E-state index in [0.717, 1.165) is 5.56 Å². The second-order valence-electron chi connectivity index (χ2n) is 5.49. The largest absolute Gasteiger partial charge is 0.489 e. The quantitative estimate of drug-likeness (QED) is 0.501. The maximum atomic E-state index is 12.4. The summed E-state index contributed by atoms with van der Waals surface area (Å²) in [5.41, 5.74) is 1.20. The number of benzene rings is 2. The Labute approximate surface area is 148 Å². The number of furan rings is 1. The van der Waals surface area contributed by atoms with E-state index in [1.54, 1.807) is 30.3 Å². The zero-order chi connectivity index (χ0) is 17.2. The second kappa shape index (κ2) is 6.49. The topological polar surface area (TPSA) is 52.6 Å². The van der Waals surface area contributed by atoms with Crippen molar-refractivity contribution < 1.29 is 13.6 Å². The Morgan fingerprint density at radius 1 is 0.960 bits per heavy atom. The average molecular weight is 353 g/mol. The molecule has 0 saturated heterocycles. The number of fused-ring (bicyclic) bond motifs is 1. The van der Waals surface area contributed by atoms with Crippen LogP contribution >= 0.6 is 11.6 Å². The third kappa shape index (κ3) is 3.16. The van der Waals surface area contributed by atoms with Crippen LogP contribution in [0.5, 0.6) is 5.75 Å². The van der Waals surface area contributed by atoms with E-state index in [1.165, 1.54) is 12.3 Å². The van der Waals surface area contributed by atoms with Crippen molar-refractivity contribution >= 4 is 22.6 Å². The lowest BCUT2D eigenvalue weighted by Crippen LogP contribution is -2.01. The van der Waals surface area contributed by atoms with Crippen molar-refractivity contribution in [3.05, 3.63) is 87.7 Å². The predicted octanol–water partition coefficient (Wildman–Crippen LogP) is 5.29. The summed E-state index contributed by atoms with van der Waals surface area (Å²) < 4.78 is 16.8. The summed E-state index contributed by atoms with van der Waals surface area (Å²) in [6.07, 6.45) is 1.53. The van der Waals surface area contributed by atoms with Gasteiger partial charge >= 0.3 is 0 Å². The fourth-order valence-corrected chi connectivity index (χ4v) is 2.73. The molecule has 0 aliphatic carbocycles. The van der Waals surface area contributed by atoms with Crippen LogP contribution in [-0.2, 0) is 6.61 Å². The minimum Gasteiger partial charge on any atom is -0.489 e. The van der Waals surface area contributed by atoms with Crippen molar-refractivity contribution in [1.29, 1.82) is 0 Å². The molecule has 2 aromatic heterocycles. The molecule has 5 heteroatoms. The van der Waals surface area contributed by atoms with Crippen LogP contribution in [0.25, 0.3) is 22.5 Å². The molecule has 0 spiro atoms. The molecule has 0 radical (unpaired) electrons. The molecule has 4 nitrogen and oxygen atoms in total. The van der Waals surface area contributed by atoms with E-state index in [1.807, 2.05) is 24.3 Å². The lowest BCUT2D eigenvalue weighted by atomic mass is 10.2. The molecule has 0 bridgehead atoms. The van der Waals surface area contributed by atoms with E-state index in [4.69, 9.17) is 25.2 Å². The van der Waals surface area contributed by atoms with Crippen LogP contribution in [0.3, 0.4) is 0 Å². The molecule has 2 aromatic carbocycles. The SMILES string of the molecule is O=c1cc(-c2ccco2)oc2ccc(OCc3ccccc3Cl)cc12. The van der Waals surface area contributed by atoms with Gasteiger partial charge in [0.2, 0.25) is 0 Å². The molecular weight excluding hydrogens is 340 g/mol. The van der Waals surface area contributed by atoms with Gasteiger partial charge in [-0.1, -0.05) is 29.8 Å². The summed E-state index contributed by atoms with van der Waals surface area (Å²) in [5, 5.41) is 1.10. The fraction of sp³-hybridized carbons (Fsp3) is 0.0500. The van der Waals surface area contributed by atoms with E-state index in [-0.39, 0.29) is 5.43 Å². The third-order valence-corrected chi connectivity index (χ3v) is 4.18. The van der Waals surface area contributed by atoms with Crippen LogP contribution in [0.4, 0.5) is 0 Å². The maximum Gasteiger partial charge on any atom is 0.193 e. The molecule has 124 valence electrons. The van der Waals surface area contributed by atoms with E-state index in [0.29, 0.717) is 39.9 Å². The molecule has 0 saturated carbocycles. The Morgan fingerprint density at radius 3 is 2.64 bits per heavy atom. The minimum atomic E-state index is -0.157. The van der Waals surface area contributed by atoms with Gasteiger partial charge in [-0.2, -0.15) is 0 Å². The Kier molecular flexibility index (Phi) is 4.04. The first kappa shape index (κ1) is 15.5. The third-order valence-electron chi connectivity index (χ3n) is 3.81. The van der Waals surface area contributed by atoms with Crippen LogP contribution in [0.1, 0.15) is 5.56 Å². The van der Waals surface area contributed by atoms with Crippen molar-refractivity contribution in [3.8, 4) is 17.3 Å². The van der Waals surface area contributed by atoms with Gasteiger partial charge in [0.25, 0.3) is 0 Å². The highest BCUT2D eigenvalue weighted by Crippen LogP contribution is 2.25. The summed E-state index contributed by atoms with van der Waals surface area (Å²) in [7, 11) is 0. The van der Waals surface area contributed by atoms with E-state index < -0.39 is 0 Å². The summed E-state index contributed by atoms with van der Waals surface area (Å²) in [5.74, 6) is 1.48. The molecule has 0 aliphatic heterocycles. The smallest absolute Gasteiger partial charge is 0.193 e. The van der Waals surface area contributed by atoms with E-state index in [2.05, 4.69) is 0 Å². The monoisotopic (exact) mass is 352 g/mol. The molecule has 0 aliphatic rings. The lowest BCUT2D eigenvalue weighted by molar-refractivity contribution is 0.306. The van der Waals surface area contributed by atoms with E-state index >= 15 is 0 Å². The molecular formula is C20H13ClO4. The van der Waals surface area contributed by atoms with E-state index in [9.17, 15) is 4.79 Å². The van der Waals surface area contributed by atoms with Gasteiger partial charge in [0.15, 0.2) is 16.9 Å². The predicted molar refractivity (Wildman–Crippen MR) is 96.0 cm³/mol. The van der Waals surface area contributed by atoms with Crippen molar-refractivity contribution in [2.45, 2.75) is 6.61 Å². The highest BCUT2D eigenvalue weighted by atomic mass is 35.5. The van der Waals surface area contributed by atoms with Crippen LogP contribution in [-0.4, -0.2) is 0 Å². The van der Waals surface area contributed by atoms with Gasteiger partial charge in [-0.3, -0.25) is 4.79 Å². The van der Waals surface area contributed by atoms with Gasteiger partial charge < -0.3 is 13.6 Å². The molecule has 0 atom stereocenters. The van der Waals surface area contributed by atoms with Gasteiger partial charge in [0.05, 0.1) is 11.6 Å². The van der Waals surface area contributed by atoms with Crippen LogP contribution in [0.2, 0.25) is 5.02 Å². The highest BCUT2D eigenvalue weighted by Gasteiger charge is 2.10. The number of halogens is 1. The fourth-order valence-electron chi connectivity index (χ4n) is 2.54. The van der Waals surface area contributed by atoms with Crippen molar-refractivity contribution in [2.24, 2.45) is 0 Å². The van der Waals surface area contributed by atoms with Crippen LogP contribution < -0.4 is 10.2 Å². The van der Waals surface area contributed by atoms with Gasteiger partial charge in [-0.25, -0.2) is 0 Å². The Morgan fingerprint density at radius 2 is 1.84 bits per heavy atom. The summed E-state index contributed by atoms with van der Waals surface area (Å²) in [6.45, 7) is 0.320. The molecule has 4 rings (SSSR count). The normalized spacial score (nSPS) is 10.9. The molecule has 0 amide bonds.